The van der Waals surface area contributed by atoms with E-state index in [2.05, 4.69) is 10.4 Å². The maximum Gasteiger partial charge on any atom is 0.262 e. The molecular formula is C22H22N4O3. The lowest BCUT2D eigenvalue weighted by molar-refractivity contribution is -0.118. The average Bonchev–Trinajstić information content (AvgIpc) is 3.40. The van der Waals surface area contributed by atoms with Gasteiger partial charge in [-0.25, -0.2) is 0 Å². The van der Waals surface area contributed by atoms with E-state index >= 15 is 0 Å². The highest BCUT2D eigenvalue weighted by Gasteiger charge is 2.21. The molecule has 2 amide bonds. The normalized spacial score (nSPS) is 13.5. The minimum absolute atomic E-state index is 0.105. The zero-order valence-electron chi connectivity index (χ0n) is 16.0. The Bertz CT molecular complexity index is 984. The second kappa shape index (κ2) is 8.60. The van der Waals surface area contributed by atoms with Gasteiger partial charge >= 0.3 is 0 Å². The van der Waals surface area contributed by atoms with Crippen molar-refractivity contribution < 1.29 is 14.3 Å². The molecule has 0 bridgehead atoms. The van der Waals surface area contributed by atoms with Crippen LogP contribution in [0.2, 0.25) is 0 Å². The first kappa shape index (κ1) is 18.7. The molecule has 1 aromatic heterocycles. The summed E-state index contributed by atoms with van der Waals surface area (Å²) in [7, 11) is 0. The highest BCUT2D eigenvalue weighted by atomic mass is 16.5. The zero-order valence-corrected chi connectivity index (χ0v) is 16.0. The van der Waals surface area contributed by atoms with Crippen LogP contribution in [0.25, 0.3) is 0 Å². The first-order chi connectivity index (χ1) is 14.2. The topological polar surface area (TPSA) is 76.5 Å². The van der Waals surface area contributed by atoms with Crippen molar-refractivity contribution in [1.82, 2.24) is 9.78 Å². The van der Waals surface area contributed by atoms with E-state index in [0.717, 1.165) is 24.2 Å². The quantitative estimate of drug-likeness (QED) is 0.673. The van der Waals surface area contributed by atoms with Crippen molar-refractivity contribution in [3.05, 3.63) is 72.6 Å². The Balaban J connectivity index is 1.29. The molecule has 1 N–H and O–H groups in total. The fraction of sp³-hybridized carbons (Fsp3) is 0.227. The van der Waals surface area contributed by atoms with Gasteiger partial charge in [0.15, 0.2) is 6.61 Å². The predicted octanol–water partition coefficient (Wildman–Crippen LogP) is 3.08. The molecule has 0 spiro atoms. The van der Waals surface area contributed by atoms with Gasteiger partial charge in [-0.1, -0.05) is 18.2 Å². The summed E-state index contributed by atoms with van der Waals surface area (Å²) < 4.78 is 7.45. The Hall–Kier alpha value is -3.61. The number of hydrogen-bond acceptors (Lipinski definition) is 4. The molecule has 29 heavy (non-hydrogen) atoms. The molecular weight excluding hydrogens is 368 g/mol. The van der Waals surface area contributed by atoms with Crippen molar-refractivity contribution in [1.29, 1.82) is 0 Å². The van der Waals surface area contributed by atoms with Crippen LogP contribution in [0.3, 0.4) is 0 Å². The van der Waals surface area contributed by atoms with Crippen molar-refractivity contribution in [3.8, 4) is 5.75 Å². The summed E-state index contributed by atoms with van der Waals surface area (Å²) in [6.07, 6.45) is 5.09. The minimum atomic E-state index is -0.243. The molecule has 0 radical (unpaired) electrons. The second-order valence-electron chi connectivity index (χ2n) is 6.88. The number of carbonyl (C=O) groups excluding carboxylic acids is 2. The largest absolute Gasteiger partial charge is 0.484 e. The Labute approximate surface area is 168 Å². The number of nitrogens with one attached hydrogen (secondary N) is 1. The van der Waals surface area contributed by atoms with Crippen LogP contribution >= 0.6 is 0 Å². The summed E-state index contributed by atoms with van der Waals surface area (Å²) in [4.78, 5) is 25.8. The first-order valence-corrected chi connectivity index (χ1v) is 9.57. The van der Waals surface area contributed by atoms with E-state index < -0.39 is 0 Å². The number of anilines is 2. The maximum absolute atomic E-state index is 12.2. The molecule has 2 heterocycles. The number of ether oxygens (including phenoxy) is 1. The molecule has 1 fully saturated rings. The van der Waals surface area contributed by atoms with Crippen LogP contribution in [0.1, 0.15) is 18.4 Å². The van der Waals surface area contributed by atoms with Crippen LogP contribution in [-0.4, -0.2) is 34.7 Å². The van der Waals surface area contributed by atoms with E-state index in [4.69, 9.17) is 4.74 Å². The third-order valence-electron chi connectivity index (χ3n) is 4.71. The molecule has 1 saturated heterocycles. The zero-order chi connectivity index (χ0) is 20.1. The van der Waals surface area contributed by atoms with Crippen LogP contribution in [0, 0.1) is 0 Å². The van der Waals surface area contributed by atoms with Gasteiger partial charge in [-0.05, 0) is 42.3 Å². The number of aromatic nitrogens is 2. The molecule has 1 aliphatic rings. The van der Waals surface area contributed by atoms with E-state index in [-0.39, 0.29) is 18.4 Å². The van der Waals surface area contributed by atoms with Gasteiger partial charge < -0.3 is 15.0 Å². The molecule has 1 aliphatic heterocycles. The molecule has 2 aromatic carbocycles. The minimum Gasteiger partial charge on any atom is -0.484 e. The van der Waals surface area contributed by atoms with E-state index in [9.17, 15) is 9.59 Å². The van der Waals surface area contributed by atoms with Crippen molar-refractivity contribution in [2.75, 3.05) is 23.4 Å². The Morgan fingerprint density at radius 2 is 2.00 bits per heavy atom. The van der Waals surface area contributed by atoms with Crippen molar-refractivity contribution in [2.45, 2.75) is 19.4 Å². The first-order valence-electron chi connectivity index (χ1n) is 9.57. The van der Waals surface area contributed by atoms with E-state index in [1.807, 2.05) is 53.3 Å². The van der Waals surface area contributed by atoms with Crippen molar-refractivity contribution in [2.24, 2.45) is 0 Å². The van der Waals surface area contributed by atoms with E-state index in [0.29, 0.717) is 24.4 Å². The molecule has 7 heteroatoms. The number of rotatable bonds is 7. The van der Waals surface area contributed by atoms with Crippen LogP contribution in [0.5, 0.6) is 5.75 Å². The highest BCUT2D eigenvalue weighted by Crippen LogP contribution is 2.25. The molecule has 0 atom stereocenters. The van der Waals surface area contributed by atoms with Crippen LogP contribution < -0.4 is 15.0 Å². The number of benzene rings is 2. The third kappa shape index (κ3) is 4.82. The summed E-state index contributed by atoms with van der Waals surface area (Å²) in [5.41, 5.74) is 2.61. The average molecular weight is 390 g/mol. The summed E-state index contributed by atoms with van der Waals surface area (Å²) in [6, 6.07) is 16.8. The Morgan fingerprint density at radius 3 is 2.72 bits per heavy atom. The summed E-state index contributed by atoms with van der Waals surface area (Å²) in [5, 5.41) is 7.00. The lowest BCUT2D eigenvalue weighted by Crippen LogP contribution is -2.24. The van der Waals surface area contributed by atoms with Gasteiger partial charge in [-0.3, -0.25) is 14.3 Å². The highest BCUT2D eigenvalue weighted by molar-refractivity contribution is 5.95. The van der Waals surface area contributed by atoms with Crippen molar-refractivity contribution in [3.63, 3.8) is 0 Å². The van der Waals surface area contributed by atoms with Gasteiger partial charge in [-0.2, -0.15) is 5.10 Å². The fourth-order valence-corrected chi connectivity index (χ4v) is 3.28. The summed E-state index contributed by atoms with van der Waals surface area (Å²) in [5.74, 6) is 0.440. The van der Waals surface area contributed by atoms with Crippen LogP contribution in [0.4, 0.5) is 11.4 Å². The van der Waals surface area contributed by atoms with E-state index in [1.165, 1.54) is 0 Å². The molecule has 0 aliphatic carbocycles. The standard InChI is InChI=1S/C22H22N4O3/c27-21(24-18-9-7-17(8-10-18)15-25-12-3-11-23-25)16-29-20-5-1-4-19(14-20)26-13-2-6-22(26)28/h1,3-5,7-12,14H,2,6,13,15-16H2,(H,24,27). The van der Waals surface area contributed by atoms with Gasteiger partial charge in [0.05, 0.1) is 6.54 Å². The smallest absolute Gasteiger partial charge is 0.262 e. The van der Waals surface area contributed by atoms with Gasteiger partial charge in [0.1, 0.15) is 5.75 Å². The third-order valence-corrected chi connectivity index (χ3v) is 4.71. The molecule has 148 valence electrons. The van der Waals surface area contributed by atoms with Gasteiger partial charge in [0, 0.05) is 42.8 Å². The Kier molecular flexibility index (Phi) is 5.56. The van der Waals surface area contributed by atoms with Crippen molar-refractivity contribution >= 4 is 23.2 Å². The Morgan fingerprint density at radius 1 is 1.14 bits per heavy atom. The summed E-state index contributed by atoms with van der Waals surface area (Å²) in [6.45, 7) is 1.30. The maximum atomic E-state index is 12.2. The van der Waals surface area contributed by atoms with Crippen LogP contribution in [0.15, 0.2) is 67.0 Å². The lowest BCUT2D eigenvalue weighted by Gasteiger charge is -2.16. The lowest BCUT2D eigenvalue weighted by atomic mass is 10.2. The molecule has 0 saturated carbocycles. The van der Waals surface area contributed by atoms with E-state index in [1.54, 1.807) is 23.2 Å². The second-order valence-corrected chi connectivity index (χ2v) is 6.88. The SMILES string of the molecule is O=C(COc1cccc(N2CCCC2=O)c1)Nc1ccc(Cn2cccn2)cc1. The monoisotopic (exact) mass is 390 g/mol. The van der Waals surface area contributed by atoms with Crippen LogP contribution in [-0.2, 0) is 16.1 Å². The number of carbonyl (C=O) groups is 2. The fourth-order valence-electron chi connectivity index (χ4n) is 3.28. The molecule has 7 nitrogen and oxygen atoms in total. The molecule has 3 aromatic rings. The number of hydrogen-bond donors (Lipinski definition) is 1. The predicted molar refractivity (Wildman–Crippen MR) is 110 cm³/mol. The van der Waals surface area contributed by atoms with Gasteiger partial charge in [0.2, 0.25) is 5.91 Å². The molecule has 4 rings (SSSR count). The number of amides is 2. The molecule has 0 unspecified atom stereocenters. The van der Waals surface area contributed by atoms with Gasteiger partial charge in [0.25, 0.3) is 5.91 Å². The number of nitrogens with zero attached hydrogens (tertiary/aromatic N) is 3. The van der Waals surface area contributed by atoms with Gasteiger partial charge in [-0.15, -0.1) is 0 Å². The summed E-state index contributed by atoms with van der Waals surface area (Å²) >= 11 is 0.